The molecule has 1 unspecified atom stereocenters. The number of hydrogen-bond acceptors (Lipinski definition) is 5. The lowest BCUT2D eigenvalue weighted by atomic mass is 10.1. The zero-order chi connectivity index (χ0) is 20.1. The highest BCUT2D eigenvalue weighted by molar-refractivity contribution is 5.88. The van der Waals surface area contributed by atoms with E-state index >= 15 is 0 Å². The molecule has 0 saturated carbocycles. The van der Waals surface area contributed by atoms with E-state index in [2.05, 4.69) is 17.1 Å². The fourth-order valence-electron chi connectivity index (χ4n) is 3.38. The molecule has 1 aliphatic rings. The van der Waals surface area contributed by atoms with Gasteiger partial charge >= 0.3 is 0 Å². The number of rotatable bonds is 7. The van der Waals surface area contributed by atoms with E-state index in [1.807, 2.05) is 30.0 Å². The van der Waals surface area contributed by atoms with Crippen LogP contribution in [-0.2, 0) is 16.0 Å². The fourth-order valence-corrected chi connectivity index (χ4v) is 3.38. The van der Waals surface area contributed by atoms with Gasteiger partial charge in [-0.3, -0.25) is 14.5 Å². The smallest absolute Gasteiger partial charge is 0.234 e. The third-order valence-electron chi connectivity index (χ3n) is 5.32. The molecular formula is C21H29N3O4. The summed E-state index contributed by atoms with van der Waals surface area (Å²) in [4.78, 5) is 28.7. The van der Waals surface area contributed by atoms with Gasteiger partial charge in [0.15, 0.2) is 0 Å². The summed E-state index contributed by atoms with van der Waals surface area (Å²) >= 11 is 0. The van der Waals surface area contributed by atoms with Gasteiger partial charge in [0.1, 0.15) is 11.3 Å². The summed E-state index contributed by atoms with van der Waals surface area (Å²) in [6.45, 7) is 7.14. The molecule has 7 heteroatoms. The molecule has 1 fully saturated rings. The summed E-state index contributed by atoms with van der Waals surface area (Å²) < 4.78 is 10.8. The van der Waals surface area contributed by atoms with Crippen molar-refractivity contribution in [3.8, 4) is 5.75 Å². The Morgan fingerprint density at radius 2 is 2.00 bits per heavy atom. The lowest BCUT2D eigenvalue weighted by molar-refractivity contribution is -0.132. The number of amides is 2. The SMILES string of the molecule is CCC(C)NC(=O)CN1CCN(C(=O)Cc2coc3cc(OC)ccc23)CC1. The van der Waals surface area contributed by atoms with Crippen molar-refractivity contribution < 1.29 is 18.7 Å². The zero-order valence-corrected chi connectivity index (χ0v) is 16.9. The minimum absolute atomic E-state index is 0.0504. The molecule has 1 aromatic carbocycles. The summed E-state index contributed by atoms with van der Waals surface area (Å²) in [7, 11) is 1.61. The normalized spacial score (nSPS) is 16.2. The Labute approximate surface area is 165 Å². The number of nitrogens with zero attached hydrogens (tertiary/aromatic N) is 2. The maximum absolute atomic E-state index is 12.7. The van der Waals surface area contributed by atoms with E-state index in [1.165, 1.54) is 0 Å². The second kappa shape index (κ2) is 9.10. The summed E-state index contributed by atoms with van der Waals surface area (Å²) in [5, 5.41) is 3.92. The van der Waals surface area contributed by atoms with Crippen LogP contribution < -0.4 is 10.1 Å². The first-order valence-corrected chi connectivity index (χ1v) is 9.83. The average molecular weight is 387 g/mol. The van der Waals surface area contributed by atoms with Crippen LogP contribution in [0.5, 0.6) is 5.75 Å². The van der Waals surface area contributed by atoms with Gasteiger partial charge in [-0.25, -0.2) is 0 Å². The van der Waals surface area contributed by atoms with Crippen molar-refractivity contribution in [2.24, 2.45) is 0 Å². The predicted octanol–water partition coefficient (Wildman–Crippen LogP) is 2.04. The first kappa shape index (κ1) is 20.2. The van der Waals surface area contributed by atoms with Crippen LogP contribution in [0.4, 0.5) is 0 Å². The van der Waals surface area contributed by atoms with E-state index < -0.39 is 0 Å². The Bertz CT molecular complexity index is 824. The van der Waals surface area contributed by atoms with Crippen molar-refractivity contribution in [2.45, 2.75) is 32.7 Å². The number of nitrogens with one attached hydrogen (secondary N) is 1. The maximum atomic E-state index is 12.7. The molecule has 7 nitrogen and oxygen atoms in total. The van der Waals surface area contributed by atoms with E-state index in [1.54, 1.807) is 13.4 Å². The number of benzene rings is 1. The van der Waals surface area contributed by atoms with Gasteiger partial charge in [0.05, 0.1) is 26.3 Å². The molecule has 0 bridgehead atoms. The molecule has 1 aliphatic heterocycles. The topological polar surface area (TPSA) is 75.0 Å². The molecule has 2 amide bonds. The monoisotopic (exact) mass is 387 g/mol. The highest BCUT2D eigenvalue weighted by atomic mass is 16.5. The van der Waals surface area contributed by atoms with Gasteiger partial charge in [-0.2, -0.15) is 0 Å². The van der Waals surface area contributed by atoms with Crippen LogP contribution in [0, 0.1) is 0 Å². The number of fused-ring (bicyclic) bond motifs is 1. The van der Waals surface area contributed by atoms with Crippen LogP contribution in [-0.4, -0.2) is 67.5 Å². The van der Waals surface area contributed by atoms with Crippen LogP contribution in [0.25, 0.3) is 11.0 Å². The second-order valence-electron chi connectivity index (χ2n) is 7.33. The minimum Gasteiger partial charge on any atom is -0.497 e. The molecule has 1 saturated heterocycles. The summed E-state index contributed by atoms with van der Waals surface area (Å²) in [5.74, 6) is 0.866. The minimum atomic E-state index is 0.0504. The number of methoxy groups -OCH3 is 1. The summed E-state index contributed by atoms with van der Waals surface area (Å²) in [5.41, 5.74) is 1.61. The highest BCUT2D eigenvalue weighted by Gasteiger charge is 2.23. The van der Waals surface area contributed by atoms with Crippen molar-refractivity contribution in [1.29, 1.82) is 0 Å². The van der Waals surface area contributed by atoms with Crippen molar-refractivity contribution in [3.63, 3.8) is 0 Å². The first-order chi connectivity index (χ1) is 13.5. The molecule has 1 aromatic heterocycles. The number of piperazine rings is 1. The zero-order valence-electron chi connectivity index (χ0n) is 16.9. The number of hydrogen-bond donors (Lipinski definition) is 1. The number of furan rings is 1. The molecular weight excluding hydrogens is 358 g/mol. The van der Waals surface area contributed by atoms with Crippen LogP contribution in [0.15, 0.2) is 28.9 Å². The third kappa shape index (κ3) is 4.84. The van der Waals surface area contributed by atoms with E-state index in [4.69, 9.17) is 9.15 Å². The fraction of sp³-hybridized carbons (Fsp3) is 0.524. The van der Waals surface area contributed by atoms with Gasteiger partial charge in [0, 0.05) is 49.2 Å². The van der Waals surface area contributed by atoms with Gasteiger partial charge in [0.2, 0.25) is 11.8 Å². The van der Waals surface area contributed by atoms with Crippen molar-refractivity contribution in [3.05, 3.63) is 30.0 Å². The lowest BCUT2D eigenvalue weighted by Gasteiger charge is -2.34. The largest absolute Gasteiger partial charge is 0.497 e. The molecule has 1 N–H and O–H groups in total. The van der Waals surface area contributed by atoms with Crippen LogP contribution in [0.1, 0.15) is 25.8 Å². The van der Waals surface area contributed by atoms with Crippen LogP contribution >= 0.6 is 0 Å². The number of carbonyl (C=O) groups is 2. The average Bonchev–Trinajstić information content (AvgIpc) is 3.10. The van der Waals surface area contributed by atoms with Gasteiger partial charge in [-0.15, -0.1) is 0 Å². The molecule has 2 aromatic rings. The van der Waals surface area contributed by atoms with Gasteiger partial charge in [0.25, 0.3) is 0 Å². The molecule has 0 spiro atoms. The lowest BCUT2D eigenvalue weighted by Crippen LogP contribution is -2.52. The van der Waals surface area contributed by atoms with Gasteiger partial charge < -0.3 is 19.4 Å². The van der Waals surface area contributed by atoms with E-state index in [0.717, 1.165) is 28.7 Å². The van der Waals surface area contributed by atoms with Gasteiger partial charge in [-0.05, 0) is 25.5 Å². The van der Waals surface area contributed by atoms with E-state index in [9.17, 15) is 9.59 Å². The van der Waals surface area contributed by atoms with Crippen molar-refractivity contribution >= 4 is 22.8 Å². The van der Waals surface area contributed by atoms with Crippen molar-refractivity contribution in [2.75, 3.05) is 39.8 Å². The molecule has 0 radical (unpaired) electrons. The second-order valence-corrected chi connectivity index (χ2v) is 7.33. The Hall–Kier alpha value is -2.54. The van der Waals surface area contributed by atoms with Crippen molar-refractivity contribution in [1.82, 2.24) is 15.1 Å². The van der Waals surface area contributed by atoms with Crippen LogP contribution in [0.3, 0.4) is 0 Å². The predicted molar refractivity (Wildman–Crippen MR) is 107 cm³/mol. The number of ether oxygens (including phenoxy) is 1. The molecule has 3 rings (SSSR count). The molecule has 1 atom stereocenters. The molecule has 152 valence electrons. The van der Waals surface area contributed by atoms with Gasteiger partial charge in [-0.1, -0.05) is 6.92 Å². The quantitative estimate of drug-likeness (QED) is 0.787. The highest BCUT2D eigenvalue weighted by Crippen LogP contribution is 2.26. The standard InChI is InChI=1S/C21H29N3O4/c1-4-15(2)22-20(25)13-23-7-9-24(10-8-23)21(26)11-16-14-28-19-12-17(27-3)5-6-18(16)19/h5-6,12,14-15H,4,7-11,13H2,1-3H3,(H,22,25). The summed E-state index contributed by atoms with van der Waals surface area (Å²) in [6.07, 6.45) is 2.88. The Kier molecular flexibility index (Phi) is 6.57. The summed E-state index contributed by atoms with van der Waals surface area (Å²) in [6, 6.07) is 5.82. The Balaban J connectivity index is 1.51. The maximum Gasteiger partial charge on any atom is 0.234 e. The Morgan fingerprint density at radius 1 is 1.25 bits per heavy atom. The van der Waals surface area contributed by atoms with E-state index in [0.29, 0.717) is 39.1 Å². The first-order valence-electron chi connectivity index (χ1n) is 9.83. The Morgan fingerprint density at radius 3 is 2.68 bits per heavy atom. The molecule has 2 heterocycles. The van der Waals surface area contributed by atoms with Crippen LogP contribution in [0.2, 0.25) is 0 Å². The molecule has 0 aliphatic carbocycles. The number of carbonyl (C=O) groups excluding carboxylic acids is 2. The van der Waals surface area contributed by atoms with E-state index in [-0.39, 0.29) is 17.9 Å². The third-order valence-corrected chi connectivity index (χ3v) is 5.32. The molecule has 28 heavy (non-hydrogen) atoms.